The van der Waals surface area contributed by atoms with Crippen LogP contribution in [0.1, 0.15) is 12.6 Å². The molecule has 1 aromatic heterocycles. The molecule has 0 aliphatic carbocycles. The topological polar surface area (TPSA) is 96.8 Å². The van der Waals surface area contributed by atoms with Crippen LogP contribution in [0.2, 0.25) is 0 Å². The highest BCUT2D eigenvalue weighted by Crippen LogP contribution is 2.27. The molecule has 13 heteroatoms. The standard InChI is InChI=1S/C18H20F3N5O4S/c1-11-9-26-15(16(8-22-26)31(28,29)24-2-4-30-5-3-24)10-25(11)18(27)23-12-6-13(19)17(21)14(20)7-12/h6-8,11H,2-5,9-10H2,1H3,(H,23,27)/t11-/m0/s1. The monoisotopic (exact) mass is 459 g/mol. The zero-order valence-corrected chi connectivity index (χ0v) is 17.3. The summed E-state index contributed by atoms with van der Waals surface area (Å²) in [5.74, 6) is -4.50. The summed E-state index contributed by atoms with van der Waals surface area (Å²) in [5.41, 5.74) is 0.0741. The Morgan fingerprint density at radius 1 is 1.19 bits per heavy atom. The molecule has 1 fully saturated rings. The third kappa shape index (κ3) is 4.00. The van der Waals surface area contributed by atoms with E-state index in [0.29, 0.717) is 31.0 Å². The van der Waals surface area contributed by atoms with Crippen LogP contribution in [0.4, 0.5) is 23.7 Å². The predicted octanol–water partition coefficient (Wildman–Crippen LogP) is 1.76. The minimum Gasteiger partial charge on any atom is -0.379 e. The number of carbonyl (C=O) groups excluding carboxylic acids is 1. The van der Waals surface area contributed by atoms with Gasteiger partial charge < -0.3 is 15.0 Å². The number of morpholine rings is 1. The van der Waals surface area contributed by atoms with Crippen LogP contribution in [0.15, 0.2) is 23.2 Å². The first-order valence-corrected chi connectivity index (χ1v) is 11.0. The molecule has 0 saturated carbocycles. The average molecular weight is 459 g/mol. The van der Waals surface area contributed by atoms with Crippen molar-refractivity contribution in [3.8, 4) is 0 Å². The summed E-state index contributed by atoms with van der Waals surface area (Å²) in [6.45, 7) is 2.89. The van der Waals surface area contributed by atoms with E-state index in [1.165, 1.54) is 20.1 Å². The second-order valence-electron chi connectivity index (χ2n) is 7.32. The second-order valence-corrected chi connectivity index (χ2v) is 9.22. The Labute approximate surface area is 176 Å². The molecule has 0 spiro atoms. The molecule has 0 unspecified atom stereocenters. The van der Waals surface area contributed by atoms with Gasteiger partial charge in [-0.2, -0.15) is 9.40 Å². The second kappa shape index (κ2) is 8.13. The number of sulfonamides is 1. The molecule has 1 atom stereocenters. The van der Waals surface area contributed by atoms with Crippen molar-refractivity contribution in [1.29, 1.82) is 0 Å². The number of ether oxygens (including phenoxy) is 1. The third-order valence-electron chi connectivity index (χ3n) is 5.28. The van der Waals surface area contributed by atoms with Crippen molar-refractivity contribution in [2.75, 3.05) is 31.6 Å². The molecular weight excluding hydrogens is 439 g/mol. The molecule has 168 valence electrons. The van der Waals surface area contributed by atoms with Gasteiger partial charge in [-0.3, -0.25) is 4.68 Å². The average Bonchev–Trinajstić information content (AvgIpc) is 3.15. The lowest BCUT2D eigenvalue weighted by Crippen LogP contribution is -2.47. The molecule has 3 heterocycles. The number of carbonyl (C=O) groups is 1. The first kappa shape index (κ1) is 21.6. The van der Waals surface area contributed by atoms with Gasteiger partial charge in [-0.25, -0.2) is 26.4 Å². The minimum absolute atomic E-state index is 0.00188. The number of hydrogen-bond acceptors (Lipinski definition) is 5. The van der Waals surface area contributed by atoms with Gasteiger partial charge in [0.2, 0.25) is 10.0 Å². The van der Waals surface area contributed by atoms with Crippen molar-refractivity contribution < 1.29 is 31.1 Å². The molecule has 2 aliphatic rings. The van der Waals surface area contributed by atoms with E-state index in [9.17, 15) is 26.4 Å². The number of rotatable bonds is 3. The molecule has 0 bridgehead atoms. The zero-order valence-electron chi connectivity index (χ0n) is 16.5. The lowest BCUT2D eigenvalue weighted by atomic mass is 10.2. The fraction of sp³-hybridized carbons (Fsp3) is 0.444. The Morgan fingerprint density at radius 2 is 1.84 bits per heavy atom. The minimum atomic E-state index is -3.83. The van der Waals surface area contributed by atoms with Gasteiger partial charge in [-0.05, 0) is 6.92 Å². The number of fused-ring (bicyclic) bond motifs is 1. The number of aromatic nitrogens is 2. The van der Waals surface area contributed by atoms with Gasteiger partial charge in [0.05, 0.1) is 44.2 Å². The first-order valence-electron chi connectivity index (χ1n) is 9.53. The molecule has 9 nitrogen and oxygen atoms in total. The molecule has 2 aliphatic heterocycles. The van der Waals surface area contributed by atoms with Gasteiger partial charge >= 0.3 is 6.03 Å². The van der Waals surface area contributed by atoms with Gasteiger partial charge in [-0.15, -0.1) is 0 Å². The number of hydrogen-bond donors (Lipinski definition) is 1. The van der Waals surface area contributed by atoms with Gasteiger partial charge in [-0.1, -0.05) is 0 Å². The molecular formula is C18H20F3N5O4S. The number of benzene rings is 1. The van der Waals surface area contributed by atoms with Crippen molar-refractivity contribution in [2.24, 2.45) is 0 Å². The molecule has 1 N–H and O–H groups in total. The highest BCUT2D eigenvalue weighted by atomic mass is 32.2. The van der Waals surface area contributed by atoms with E-state index in [2.05, 4.69) is 10.4 Å². The van der Waals surface area contributed by atoms with Crippen molar-refractivity contribution in [3.05, 3.63) is 41.5 Å². The van der Waals surface area contributed by atoms with E-state index in [0.717, 1.165) is 0 Å². The number of nitrogens with zero attached hydrogens (tertiary/aromatic N) is 4. The van der Waals surface area contributed by atoms with Gasteiger partial charge in [0.25, 0.3) is 0 Å². The Bertz CT molecular complexity index is 1090. The fourth-order valence-electron chi connectivity index (χ4n) is 3.61. The van der Waals surface area contributed by atoms with Crippen LogP contribution < -0.4 is 5.32 Å². The Kier molecular flexibility index (Phi) is 5.66. The Balaban J connectivity index is 1.58. The number of nitrogens with one attached hydrogen (secondary N) is 1. The maximum atomic E-state index is 13.5. The Hall–Kier alpha value is -2.64. The van der Waals surface area contributed by atoms with Gasteiger partial charge in [0.15, 0.2) is 17.5 Å². The van der Waals surface area contributed by atoms with E-state index < -0.39 is 33.5 Å². The number of urea groups is 1. The van der Waals surface area contributed by atoms with E-state index in [1.54, 1.807) is 6.92 Å². The molecule has 31 heavy (non-hydrogen) atoms. The highest BCUT2D eigenvalue weighted by Gasteiger charge is 2.36. The summed E-state index contributed by atoms with van der Waals surface area (Å²) >= 11 is 0. The normalized spacial score (nSPS) is 19.9. The summed E-state index contributed by atoms with van der Waals surface area (Å²) in [5, 5.41) is 6.49. The summed E-state index contributed by atoms with van der Waals surface area (Å²) < 4.78 is 74.2. The SMILES string of the molecule is C[C@H]1Cn2ncc(S(=O)(=O)N3CCOCC3)c2CN1C(=O)Nc1cc(F)c(F)c(F)c1. The maximum absolute atomic E-state index is 13.5. The number of anilines is 1. The van der Waals surface area contributed by atoms with Crippen LogP contribution in [0.25, 0.3) is 0 Å². The van der Waals surface area contributed by atoms with E-state index >= 15 is 0 Å². The van der Waals surface area contributed by atoms with Crippen molar-refractivity contribution in [3.63, 3.8) is 0 Å². The molecule has 1 aromatic carbocycles. The van der Waals surface area contributed by atoms with Crippen LogP contribution in [0.3, 0.4) is 0 Å². The number of amides is 2. The van der Waals surface area contributed by atoms with Crippen LogP contribution in [0, 0.1) is 17.5 Å². The predicted molar refractivity (Wildman–Crippen MR) is 102 cm³/mol. The largest absolute Gasteiger partial charge is 0.379 e. The van der Waals surface area contributed by atoms with Crippen molar-refractivity contribution in [2.45, 2.75) is 31.0 Å². The number of halogens is 3. The van der Waals surface area contributed by atoms with Gasteiger partial charge in [0.1, 0.15) is 4.90 Å². The summed E-state index contributed by atoms with van der Waals surface area (Å²) in [4.78, 5) is 14.1. The highest BCUT2D eigenvalue weighted by molar-refractivity contribution is 7.89. The van der Waals surface area contributed by atoms with Crippen LogP contribution in [-0.2, 0) is 27.8 Å². The van der Waals surface area contributed by atoms with Crippen molar-refractivity contribution >= 4 is 21.7 Å². The third-order valence-corrected chi connectivity index (χ3v) is 7.23. The first-order chi connectivity index (χ1) is 14.7. The molecule has 2 amide bonds. The summed E-state index contributed by atoms with van der Waals surface area (Å²) in [6, 6.07) is 0.244. The smallest absolute Gasteiger partial charge is 0.322 e. The Morgan fingerprint density at radius 3 is 2.48 bits per heavy atom. The lowest BCUT2D eigenvalue weighted by molar-refractivity contribution is 0.0729. The fourth-order valence-corrected chi connectivity index (χ4v) is 5.17. The van der Waals surface area contributed by atoms with Gasteiger partial charge in [0, 0.05) is 30.9 Å². The van der Waals surface area contributed by atoms with E-state index in [4.69, 9.17) is 4.74 Å². The van der Waals surface area contributed by atoms with Crippen LogP contribution in [0.5, 0.6) is 0 Å². The van der Waals surface area contributed by atoms with E-state index in [1.807, 2.05) is 0 Å². The molecule has 1 saturated heterocycles. The summed E-state index contributed by atoms with van der Waals surface area (Å²) in [6.07, 6.45) is 1.26. The lowest BCUT2D eigenvalue weighted by Gasteiger charge is -2.34. The molecule has 0 radical (unpaired) electrons. The maximum Gasteiger partial charge on any atom is 0.322 e. The van der Waals surface area contributed by atoms with Crippen LogP contribution in [-0.4, -0.2) is 65.8 Å². The van der Waals surface area contributed by atoms with Crippen molar-refractivity contribution in [1.82, 2.24) is 19.0 Å². The molecule has 4 rings (SSSR count). The summed E-state index contributed by atoms with van der Waals surface area (Å²) in [7, 11) is -3.83. The molecule has 2 aromatic rings. The van der Waals surface area contributed by atoms with E-state index in [-0.39, 0.29) is 42.8 Å². The van der Waals surface area contributed by atoms with Crippen LogP contribution >= 0.6 is 0 Å². The quantitative estimate of drug-likeness (QED) is 0.706. The zero-order chi connectivity index (χ0) is 22.3.